The van der Waals surface area contributed by atoms with E-state index in [0.29, 0.717) is 46.0 Å². The van der Waals surface area contributed by atoms with Gasteiger partial charge in [0, 0.05) is 33.4 Å². The van der Waals surface area contributed by atoms with E-state index in [0.717, 1.165) is 39.1 Å². The number of hydroxylamine groups is 2. The van der Waals surface area contributed by atoms with Crippen molar-refractivity contribution < 1.29 is 29.9 Å². The molecule has 0 bridgehead atoms. The van der Waals surface area contributed by atoms with Crippen LogP contribution >= 0.6 is 0 Å². The standard InChI is InChI=1S/C48H38N6O6/c55-42(51-59)28-40-44(33-14-6-2-7-15-33)49-53(30-31-12-4-1-5-13-31)46(40)35-24-22-32(23-25-35)36-18-10-19-37(26-36)45-41(29-43(56)52-60)47(34-16-8-3-9-17-34)54(50-45)39-21-11-20-38(27-39)48(57)58/h1-27,59-60H,28-30H2,(H,51,55)(H,52,56)(H,57,58). The summed E-state index contributed by atoms with van der Waals surface area (Å²) in [5.41, 5.74) is 13.5. The highest BCUT2D eigenvalue weighted by molar-refractivity contribution is 5.90. The molecule has 0 spiro atoms. The number of rotatable bonds is 13. The van der Waals surface area contributed by atoms with Gasteiger partial charge < -0.3 is 5.11 Å². The fourth-order valence-electron chi connectivity index (χ4n) is 7.46. The maximum absolute atomic E-state index is 12.9. The maximum Gasteiger partial charge on any atom is 0.335 e. The normalized spacial score (nSPS) is 11.0. The molecule has 296 valence electrons. The van der Waals surface area contributed by atoms with E-state index in [9.17, 15) is 29.9 Å². The van der Waals surface area contributed by atoms with Gasteiger partial charge in [0.1, 0.15) is 0 Å². The minimum Gasteiger partial charge on any atom is -0.478 e. The van der Waals surface area contributed by atoms with Crippen LogP contribution in [0.1, 0.15) is 27.0 Å². The summed E-state index contributed by atoms with van der Waals surface area (Å²) in [5.74, 6) is -2.30. The van der Waals surface area contributed by atoms with E-state index in [4.69, 9.17) is 10.2 Å². The van der Waals surface area contributed by atoms with Crippen LogP contribution in [-0.2, 0) is 29.0 Å². The molecule has 0 radical (unpaired) electrons. The monoisotopic (exact) mass is 794 g/mol. The van der Waals surface area contributed by atoms with E-state index in [-0.39, 0.29) is 18.4 Å². The molecule has 0 aliphatic heterocycles. The number of carbonyl (C=O) groups excluding carboxylic acids is 2. The molecule has 0 aliphatic carbocycles. The number of aromatic carboxylic acids is 1. The van der Waals surface area contributed by atoms with Gasteiger partial charge in [0.15, 0.2) is 0 Å². The Hall–Kier alpha value is -7.93. The molecule has 12 heteroatoms. The zero-order valence-electron chi connectivity index (χ0n) is 32.1. The van der Waals surface area contributed by atoms with E-state index in [1.54, 1.807) is 27.8 Å². The van der Waals surface area contributed by atoms with Gasteiger partial charge in [-0.15, -0.1) is 0 Å². The number of amides is 2. The van der Waals surface area contributed by atoms with Crippen molar-refractivity contribution >= 4 is 17.8 Å². The quantitative estimate of drug-likeness (QED) is 0.0574. The van der Waals surface area contributed by atoms with E-state index < -0.39 is 17.8 Å². The molecule has 0 saturated heterocycles. The van der Waals surface area contributed by atoms with Crippen molar-refractivity contribution in [2.45, 2.75) is 19.4 Å². The van der Waals surface area contributed by atoms with Crippen LogP contribution in [0.25, 0.3) is 61.8 Å². The molecular weight excluding hydrogens is 757 g/mol. The Balaban J connectivity index is 1.24. The van der Waals surface area contributed by atoms with Gasteiger partial charge in [0.05, 0.1) is 53.4 Å². The van der Waals surface area contributed by atoms with E-state index in [2.05, 4.69) is 0 Å². The number of nitrogens with zero attached hydrogens (tertiary/aromatic N) is 4. The summed E-state index contributed by atoms with van der Waals surface area (Å²) in [7, 11) is 0. The number of hydrogen-bond acceptors (Lipinski definition) is 7. The average molecular weight is 795 g/mol. The Labute approximate surface area is 344 Å². The summed E-state index contributed by atoms with van der Waals surface area (Å²) < 4.78 is 3.53. The average Bonchev–Trinajstić information content (AvgIpc) is 3.85. The highest BCUT2D eigenvalue weighted by atomic mass is 16.5. The van der Waals surface area contributed by atoms with Crippen molar-refractivity contribution in [3.8, 4) is 61.8 Å². The Kier molecular flexibility index (Phi) is 11.2. The molecule has 2 amide bonds. The SMILES string of the molecule is O=C(Cc1c(-c2ccccc2)nn(Cc2ccccc2)c1-c1ccc(-c2cccc(-c3nn(-c4cccc(C(=O)O)c4)c(-c4ccccc4)c3CC(=O)NO)c2)cc1)NO. The summed E-state index contributed by atoms with van der Waals surface area (Å²) in [6.07, 6.45) is -0.324. The lowest BCUT2D eigenvalue weighted by Gasteiger charge is -2.12. The van der Waals surface area contributed by atoms with Crippen molar-refractivity contribution in [1.29, 1.82) is 0 Å². The minimum atomic E-state index is -1.09. The van der Waals surface area contributed by atoms with Crippen molar-refractivity contribution in [3.05, 3.63) is 186 Å². The van der Waals surface area contributed by atoms with Crippen LogP contribution in [-0.4, -0.2) is 52.9 Å². The van der Waals surface area contributed by atoms with Crippen LogP contribution in [0.2, 0.25) is 0 Å². The predicted octanol–water partition coefficient (Wildman–Crippen LogP) is 8.25. The Bertz CT molecular complexity index is 2820. The molecule has 0 saturated carbocycles. The van der Waals surface area contributed by atoms with Gasteiger partial charge in [-0.25, -0.2) is 20.4 Å². The molecule has 6 aromatic carbocycles. The third kappa shape index (κ3) is 8.09. The lowest BCUT2D eigenvalue weighted by molar-refractivity contribution is -0.129. The summed E-state index contributed by atoms with van der Waals surface area (Å²) >= 11 is 0. The summed E-state index contributed by atoms with van der Waals surface area (Å²) in [4.78, 5) is 37.6. The Morgan fingerprint density at radius 2 is 1.02 bits per heavy atom. The summed E-state index contributed by atoms with van der Waals surface area (Å²) in [5, 5.41) is 39.1. The first-order valence-corrected chi connectivity index (χ1v) is 19.1. The number of carboxylic acids is 1. The number of nitrogens with one attached hydrogen (secondary N) is 2. The molecule has 0 aliphatic rings. The molecule has 0 atom stereocenters. The number of hydrogen-bond donors (Lipinski definition) is 5. The van der Waals surface area contributed by atoms with Crippen LogP contribution in [0.5, 0.6) is 0 Å². The van der Waals surface area contributed by atoms with Gasteiger partial charge >= 0.3 is 5.97 Å². The van der Waals surface area contributed by atoms with Gasteiger partial charge in [-0.3, -0.25) is 24.7 Å². The van der Waals surface area contributed by atoms with Gasteiger partial charge in [-0.1, -0.05) is 140 Å². The predicted molar refractivity (Wildman–Crippen MR) is 226 cm³/mol. The molecule has 60 heavy (non-hydrogen) atoms. The first-order valence-electron chi connectivity index (χ1n) is 19.1. The highest BCUT2D eigenvalue weighted by Gasteiger charge is 2.26. The fourth-order valence-corrected chi connectivity index (χ4v) is 7.46. The zero-order valence-corrected chi connectivity index (χ0v) is 32.1. The third-order valence-corrected chi connectivity index (χ3v) is 10.2. The zero-order chi connectivity index (χ0) is 41.6. The molecule has 8 rings (SSSR count). The molecule has 2 aromatic heterocycles. The lowest BCUT2D eigenvalue weighted by Crippen LogP contribution is -2.21. The van der Waals surface area contributed by atoms with Gasteiger partial charge in [-0.2, -0.15) is 10.2 Å². The topological polar surface area (TPSA) is 172 Å². The molecule has 5 N–H and O–H groups in total. The van der Waals surface area contributed by atoms with Crippen LogP contribution in [0.4, 0.5) is 0 Å². The van der Waals surface area contributed by atoms with Crippen molar-refractivity contribution in [2.75, 3.05) is 0 Å². The summed E-state index contributed by atoms with van der Waals surface area (Å²) in [6.45, 7) is 0.440. The largest absolute Gasteiger partial charge is 0.478 e. The maximum atomic E-state index is 12.9. The Morgan fingerprint density at radius 1 is 0.500 bits per heavy atom. The number of aromatic nitrogens is 4. The highest BCUT2D eigenvalue weighted by Crippen LogP contribution is 2.38. The van der Waals surface area contributed by atoms with Crippen LogP contribution < -0.4 is 11.0 Å². The first kappa shape index (κ1) is 38.9. The van der Waals surface area contributed by atoms with Gasteiger partial charge in [0.25, 0.3) is 0 Å². The van der Waals surface area contributed by atoms with Crippen LogP contribution in [0.15, 0.2) is 164 Å². The molecule has 8 aromatic rings. The fraction of sp³-hybridized carbons (Fsp3) is 0.0625. The first-order chi connectivity index (χ1) is 29.3. The molecule has 0 unspecified atom stereocenters. The second-order valence-electron chi connectivity index (χ2n) is 14.1. The second kappa shape index (κ2) is 17.3. The Morgan fingerprint density at radius 3 is 1.65 bits per heavy atom. The van der Waals surface area contributed by atoms with Crippen LogP contribution in [0.3, 0.4) is 0 Å². The lowest BCUT2D eigenvalue weighted by atomic mass is 9.95. The molecule has 0 fully saturated rings. The van der Waals surface area contributed by atoms with Crippen LogP contribution in [0, 0.1) is 0 Å². The molecule has 12 nitrogen and oxygen atoms in total. The smallest absolute Gasteiger partial charge is 0.335 e. The van der Waals surface area contributed by atoms with Crippen molar-refractivity contribution in [1.82, 2.24) is 30.5 Å². The second-order valence-corrected chi connectivity index (χ2v) is 14.1. The number of benzene rings is 6. The third-order valence-electron chi connectivity index (χ3n) is 10.2. The molecular formula is C48H38N6O6. The van der Waals surface area contributed by atoms with Crippen molar-refractivity contribution in [2.24, 2.45) is 0 Å². The van der Waals surface area contributed by atoms with E-state index in [1.165, 1.54) is 12.1 Å². The van der Waals surface area contributed by atoms with Crippen molar-refractivity contribution in [3.63, 3.8) is 0 Å². The van der Waals surface area contributed by atoms with E-state index in [1.807, 2.05) is 144 Å². The number of carboxylic acid groups (broad SMARTS) is 1. The van der Waals surface area contributed by atoms with Gasteiger partial charge in [0.2, 0.25) is 11.8 Å². The molecule has 2 heterocycles. The van der Waals surface area contributed by atoms with E-state index >= 15 is 0 Å². The number of carbonyl (C=O) groups is 3. The van der Waals surface area contributed by atoms with Gasteiger partial charge in [-0.05, 0) is 41.0 Å². The minimum absolute atomic E-state index is 0.0758. The summed E-state index contributed by atoms with van der Waals surface area (Å²) in [6, 6.07) is 51.0.